The first-order valence-corrected chi connectivity index (χ1v) is 7.43. The summed E-state index contributed by atoms with van der Waals surface area (Å²) in [5, 5.41) is 20.9. The molecule has 22 heavy (non-hydrogen) atoms. The van der Waals surface area contributed by atoms with Gasteiger partial charge in [-0.2, -0.15) is 0 Å². The minimum absolute atomic E-state index is 0.0549. The molecule has 1 aliphatic rings. The molecule has 0 saturated heterocycles. The van der Waals surface area contributed by atoms with Crippen LogP contribution in [0.3, 0.4) is 0 Å². The lowest BCUT2D eigenvalue weighted by atomic mass is 9.89. The number of carboxylic acids is 1. The first kappa shape index (κ1) is 16.3. The number of carboxylic acid groups (broad SMARTS) is 1. The van der Waals surface area contributed by atoms with E-state index >= 15 is 0 Å². The molecule has 0 aromatic heterocycles. The Morgan fingerprint density at radius 1 is 1.36 bits per heavy atom. The van der Waals surface area contributed by atoms with E-state index in [-0.39, 0.29) is 29.9 Å². The molecule has 6 heteroatoms. The van der Waals surface area contributed by atoms with Gasteiger partial charge in [0, 0.05) is 5.69 Å². The molecule has 0 spiro atoms. The average Bonchev–Trinajstić information content (AvgIpc) is 2.47. The van der Waals surface area contributed by atoms with E-state index in [1.807, 2.05) is 0 Å². The summed E-state index contributed by atoms with van der Waals surface area (Å²) < 4.78 is 5.61. The average molecular weight is 307 g/mol. The maximum atomic E-state index is 11.9. The summed E-state index contributed by atoms with van der Waals surface area (Å²) in [6.07, 6.45) is 4.38. The molecule has 1 amide bonds. The molecule has 120 valence electrons. The fourth-order valence-electron chi connectivity index (χ4n) is 2.71. The van der Waals surface area contributed by atoms with Crippen LogP contribution >= 0.6 is 0 Å². The van der Waals surface area contributed by atoms with Crippen molar-refractivity contribution in [2.24, 2.45) is 5.92 Å². The third-order valence-corrected chi connectivity index (χ3v) is 3.85. The molecule has 0 heterocycles. The molecular weight excluding hydrogens is 286 g/mol. The maximum absolute atomic E-state index is 11.9. The van der Waals surface area contributed by atoms with Crippen molar-refractivity contribution >= 4 is 17.6 Å². The van der Waals surface area contributed by atoms with E-state index in [0.717, 1.165) is 19.3 Å². The number of anilines is 1. The number of aromatic carboxylic acids is 1. The smallest absolute Gasteiger partial charge is 0.339 e. The summed E-state index contributed by atoms with van der Waals surface area (Å²) in [5.41, 5.74) is 0.0700. The van der Waals surface area contributed by atoms with Crippen LogP contribution < -0.4 is 5.32 Å². The van der Waals surface area contributed by atoms with Crippen molar-refractivity contribution in [3.8, 4) is 5.75 Å². The lowest BCUT2D eigenvalue weighted by Gasteiger charge is -2.26. The van der Waals surface area contributed by atoms with Gasteiger partial charge in [0.1, 0.15) is 17.9 Å². The van der Waals surface area contributed by atoms with Gasteiger partial charge in [0.15, 0.2) is 0 Å². The van der Waals surface area contributed by atoms with Gasteiger partial charge in [0.2, 0.25) is 5.91 Å². The van der Waals surface area contributed by atoms with Gasteiger partial charge in [-0.3, -0.25) is 4.79 Å². The zero-order valence-corrected chi connectivity index (χ0v) is 12.5. The van der Waals surface area contributed by atoms with Gasteiger partial charge in [-0.15, -0.1) is 0 Å². The molecule has 2 unspecified atom stereocenters. The number of carbonyl (C=O) groups excluding carboxylic acids is 1. The normalized spacial score (nSPS) is 21.3. The van der Waals surface area contributed by atoms with Gasteiger partial charge in [-0.1, -0.05) is 19.8 Å². The predicted octanol–water partition coefficient (Wildman–Crippen LogP) is 2.62. The zero-order valence-electron chi connectivity index (χ0n) is 12.5. The topological polar surface area (TPSA) is 95.9 Å². The number of hydrogen-bond acceptors (Lipinski definition) is 4. The van der Waals surface area contributed by atoms with E-state index in [2.05, 4.69) is 12.2 Å². The number of aromatic hydroxyl groups is 1. The van der Waals surface area contributed by atoms with Gasteiger partial charge in [-0.05, 0) is 37.0 Å². The van der Waals surface area contributed by atoms with Crippen LogP contribution in [0.5, 0.6) is 5.75 Å². The third kappa shape index (κ3) is 4.46. The Balaban J connectivity index is 1.86. The Morgan fingerprint density at radius 3 is 2.82 bits per heavy atom. The zero-order chi connectivity index (χ0) is 16.1. The number of ether oxygens (including phenoxy) is 1. The molecule has 1 saturated carbocycles. The number of rotatable bonds is 5. The molecule has 0 aliphatic heterocycles. The summed E-state index contributed by atoms with van der Waals surface area (Å²) >= 11 is 0. The SMILES string of the molecule is CC1CCCC(OCC(=O)Nc2ccc(O)c(C(=O)O)c2)C1. The summed E-state index contributed by atoms with van der Waals surface area (Å²) in [5.74, 6) is -1.30. The first-order valence-electron chi connectivity index (χ1n) is 7.43. The molecule has 2 rings (SSSR count). The van der Waals surface area contributed by atoms with Crippen molar-refractivity contribution in [1.82, 2.24) is 0 Å². The highest BCUT2D eigenvalue weighted by molar-refractivity contribution is 5.96. The molecule has 3 N–H and O–H groups in total. The van der Waals surface area contributed by atoms with E-state index in [1.165, 1.54) is 24.6 Å². The summed E-state index contributed by atoms with van der Waals surface area (Å²) in [6.45, 7) is 2.13. The number of hydrogen-bond donors (Lipinski definition) is 3. The van der Waals surface area contributed by atoms with Crippen molar-refractivity contribution < 1.29 is 24.5 Å². The van der Waals surface area contributed by atoms with Crippen LogP contribution in [0.2, 0.25) is 0 Å². The number of phenols is 1. The fourth-order valence-corrected chi connectivity index (χ4v) is 2.71. The molecule has 0 bridgehead atoms. The minimum Gasteiger partial charge on any atom is -0.507 e. The second-order valence-electron chi connectivity index (χ2n) is 5.79. The van der Waals surface area contributed by atoms with Gasteiger partial charge in [0.25, 0.3) is 0 Å². The minimum atomic E-state index is -1.25. The third-order valence-electron chi connectivity index (χ3n) is 3.85. The van der Waals surface area contributed by atoms with Gasteiger partial charge < -0.3 is 20.3 Å². The highest BCUT2D eigenvalue weighted by Crippen LogP contribution is 2.26. The van der Waals surface area contributed by atoms with Crippen LogP contribution in [0, 0.1) is 5.92 Å². The number of amides is 1. The largest absolute Gasteiger partial charge is 0.507 e. The van der Waals surface area contributed by atoms with E-state index in [0.29, 0.717) is 11.6 Å². The summed E-state index contributed by atoms with van der Waals surface area (Å²) in [7, 11) is 0. The molecular formula is C16H21NO5. The van der Waals surface area contributed by atoms with Crippen LogP contribution in [0.4, 0.5) is 5.69 Å². The number of carbonyl (C=O) groups is 2. The molecule has 2 atom stereocenters. The number of nitrogens with one attached hydrogen (secondary N) is 1. The Morgan fingerprint density at radius 2 is 2.14 bits per heavy atom. The van der Waals surface area contributed by atoms with Gasteiger partial charge >= 0.3 is 5.97 Å². The molecule has 1 aliphatic carbocycles. The second kappa shape index (κ2) is 7.26. The van der Waals surface area contributed by atoms with E-state index < -0.39 is 5.97 Å². The highest BCUT2D eigenvalue weighted by Gasteiger charge is 2.20. The van der Waals surface area contributed by atoms with Crippen molar-refractivity contribution in [3.63, 3.8) is 0 Å². The lowest BCUT2D eigenvalue weighted by Crippen LogP contribution is -2.27. The standard InChI is InChI=1S/C16H21NO5/c1-10-3-2-4-12(7-10)22-9-15(19)17-11-5-6-14(18)13(8-11)16(20)21/h5-6,8,10,12,18H,2-4,7,9H2,1H3,(H,17,19)(H,20,21). The van der Waals surface area contributed by atoms with Crippen LogP contribution in [-0.2, 0) is 9.53 Å². The Kier molecular flexibility index (Phi) is 5.38. The van der Waals surface area contributed by atoms with Crippen LogP contribution in [-0.4, -0.2) is 34.8 Å². The molecule has 6 nitrogen and oxygen atoms in total. The predicted molar refractivity (Wildman–Crippen MR) is 81.1 cm³/mol. The monoisotopic (exact) mass is 307 g/mol. The van der Waals surface area contributed by atoms with Crippen molar-refractivity contribution in [3.05, 3.63) is 23.8 Å². The Labute approximate surface area is 129 Å². The van der Waals surface area contributed by atoms with E-state index in [1.54, 1.807) is 0 Å². The van der Waals surface area contributed by atoms with Gasteiger partial charge in [0.05, 0.1) is 6.10 Å². The van der Waals surface area contributed by atoms with Crippen LogP contribution in [0.1, 0.15) is 43.0 Å². The second-order valence-corrected chi connectivity index (χ2v) is 5.79. The summed E-state index contributed by atoms with van der Waals surface area (Å²) in [6, 6.07) is 3.91. The maximum Gasteiger partial charge on any atom is 0.339 e. The van der Waals surface area contributed by atoms with Crippen molar-refractivity contribution in [1.29, 1.82) is 0 Å². The Hall–Kier alpha value is -2.08. The van der Waals surface area contributed by atoms with E-state index in [9.17, 15) is 14.7 Å². The Bertz CT molecular complexity index is 557. The fraction of sp³-hybridized carbons (Fsp3) is 0.500. The molecule has 0 radical (unpaired) electrons. The lowest BCUT2D eigenvalue weighted by molar-refractivity contribution is -0.123. The van der Waals surface area contributed by atoms with Crippen LogP contribution in [0.15, 0.2) is 18.2 Å². The van der Waals surface area contributed by atoms with Crippen LogP contribution in [0.25, 0.3) is 0 Å². The molecule has 1 fully saturated rings. The molecule has 1 aromatic carbocycles. The molecule has 1 aromatic rings. The van der Waals surface area contributed by atoms with E-state index in [4.69, 9.17) is 9.84 Å². The quantitative estimate of drug-likeness (QED) is 0.727. The number of benzene rings is 1. The highest BCUT2D eigenvalue weighted by atomic mass is 16.5. The summed E-state index contributed by atoms with van der Waals surface area (Å²) in [4.78, 5) is 22.8. The van der Waals surface area contributed by atoms with Crippen molar-refractivity contribution in [2.45, 2.75) is 38.7 Å². The van der Waals surface area contributed by atoms with Crippen molar-refractivity contribution in [2.75, 3.05) is 11.9 Å². The first-order chi connectivity index (χ1) is 10.5. The van der Waals surface area contributed by atoms with Gasteiger partial charge in [-0.25, -0.2) is 4.79 Å².